The number of anilines is 2. The van der Waals surface area contributed by atoms with Crippen molar-refractivity contribution in [3.8, 4) is 11.4 Å². The number of carbonyl (C=O) groups excluding carboxylic acids is 2. The van der Waals surface area contributed by atoms with Gasteiger partial charge in [-0.3, -0.25) is 9.59 Å². The van der Waals surface area contributed by atoms with Crippen molar-refractivity contribution >= 4 is 34.9 Å². The third kappa shape index (κ3) is 4.45. The average molecular weight is 385 g/mol. The molecule has 2 amide bonds. The predicted molar refractivity (Wildman–Crippen MR) is 104 cm³/mol. The molecule has 2 N–H and O–H groups in total. The molecule has 3 rings (SSSR count). The summed E-state index contributed by atoms with van der Waals surface area (Å²) in [6.07, 6.45) is 3.27. The molecular formula is C19H17ClN4O3. The quantitative estimate of drug-likeness (QED) is 0.701. The number of carbonyl (C=O) groups is 2. The van der Waals surface area contributed by atoms with Gasteiger partial charge in [0.05, 0.1) is 18.3 Å². The summed E-state index contributed by atoms with van der Waals surface area (Å²) in [6.45, 7) is 1.42. The van der Waals surface area contributed by atoms with Gasteiger partial charge in [-0.25, -0.2) is 4.98 Å². The fourth-order valence-electron chi connectivity index (χ4n) is 2.44. The van der Waals surface area contributed by atoms with Gasteiger partial charge in [0.15, 0.2) is 5.82 Å². The van der Waals surface area contributed by atoms with Crippen LogP contribution in [0.4, 0.5) is 11.5 Å². The maximum Gasteiger partial charge on any atom is 0.255 e. The maximum absolute atomic E-state index is 12.4. The molecule has 0 fully saturated rings. The molecule has 2 aromatic carbocycles. The molecule has 0 bridgehead atoms. The Labute approximate surface area is 160 Å². The lowest BCUT2D eigenvalue weighted by molar-refractivity contribution is -0.114. The van der Waals surface area contributed by atoms with E-state index in [1.807, 2.05) is 0 Å². The zero-order valence-corrected chi connectivity index (χ0v) is 15.4. The fourth-order valence-corrected chi connectivity index (χ4v) is 2.70. The van der Waals surface area contributed by atoms with Crippen molar-refractivity contribution in [2.75, 3.05) is 17.7 Å². The molecule has 0 aliphatic carbocycles. The van der Waals surface area contributed by atoms with Gasteiger partial charge < -0.3 is 19.9 Å². The number of ether oxygens (including phenoxy) is 1. The SMILES string of the molecule is COc1ccc(NC(=O)c2ccc(-n3cnc(NC(C)=O)c3)cc2)cc1Cl. The van der Waals surface area contributed by atoms with Crippen LogP contribution < -0.4 is 15.4 Å². The summed E-state index contributed by atoms with van der Waals surface area (Å²) in [5, 5.41) is 5.82. The number of imidazole rings is 1. The molecule has 8 heteroatoms. The molecule has 27 heavy (non-hydrogen) atoms. The first kappa shape index (κ1) is 18.5. The molecular weight excluding hydrogens is 368 g/mol. The molecule has 1 aromatic heterocycles. The van der Waals surface area contributed by atoms with Crippen LogP contribution in [-0.4, -0.2) is 28.5 Å². The van der Waals surface area contributed by atoms with Gasteiger partial charge in [0.1, 0.15) is 12.1 Å². The lowest BCUT2D eigenvalue weighted by Gasteiger charge is -2.09. The number of rotatable bonds is 5. The zero-order chi connectivity index (χ0) is 19.4. The number of methoxy groups -OCH3 is 1. The Morgan fingerprint density at radius 3 is 2.48 bits per heavy atom. The van der Waals surface area contributed by atoms with E-state index in [4.69, 9.17) is 16.3 Å². The molecule has 0 radical (unpaired) electrons. The summed E-state index contributed by atoms with van der Waals surface area (Å²) in [4.78, 5) is 27.6. The maximum atomic E-state index is 12.4. The second-order valence-electron chi connectivity index (χ2n) is 5.70. The second kappa shape index (κ2) is 7.92. The number of nitrogens with one attached hydrogen (secondary N) is 2. The van der Waals surface area contributed by atoms with Gasteiger partial charge in [-0.15, -0.1) is 0 Å². The van der Waals surface area contributed by atoms with Gasteiger partial charge in [0, 0.05) is 23.9 Å². The minimum absolute atomic E-state index is 0.189. The number of benzene rings is 2. The Kier molecular flexibility index (Phi) is 5.42. The van der Waals surface area contributed by atoms with Crippen molar-refractivity contribution in [3.63, 3.8) is 0 Å². The Morgan fingerprint density at radius 2 is 1.85 bits per heavy atom. The molecule has 0 aliphatic heterocycles. The second-order valence-corrected chi connectivity index (χ2v) is 6.10. The summed E-state index contributed by atoms with van der Waals surface area (Å²) < 4.78 is 6.84. The Morgan fingerprint density at radius 1 is 1.11 bits per heavy atom. The first-order valence-corrected chi connectivity index (χ1v) is 8.41. The van der Waals surface area contributed by atoms with Crippen molar-refractivity contribution < 1.29 is 14.3 Å². The van der Waals surface area contributed by atoms with Crippen LogP contribution in [0.3, 0.4) is 0 Å². The van der Waals surface area contributed by atoms with E-state index in [2.05, 4.69) is 15.6 Å². The van der Waals surface area contributed by atoms with E-state index in [1.165, 1.54) is 14.0 Å². The van der Waals surface area contributed by atoms with E-state index in [1.54, 1.807) is 59.6 Å². The van der Waals surface area contributed by atoms with Gasteiger partial charge in [0.25, 0.3) is 5.91 Å². The molecule has 0 unspecified atom stereocenters. The van der Waals surface area contributed by atoms with E-state index < -0.39 is 0 Å². The molecule has 1 heterocycles. The molecule has 0 spiro atoms. The molecule has 3 aromatic rings. The van der Waals surface area contributed by atoms with Crippen LogP contribution in [0, 0.1) is 0 Å². The lowest BCUT2D eigenvalue weighted by atomic mass is 10.2. The van der Waals surface area contributed by atoms with Crippen molar-refractivity contribution in [3.05, 3.63) is 65.6 Å². The van der Waals surface area contributed by atoms with Crippen molar-refractivity contribution in [2.24, 2.45) is 0 Å². The molecule has 0 atom stereocenters. The highest BCUT2D eigenvalue weighted by molar-refractivity contribution is 6.32. The van der Waals surface area contributed by atoms with E-state index in [9.17, 15) is 9.59 Å². The lowest BCUT2D eigenvalue weighted by Crippen LogP contribution is -2.11. The van der Waals surface area contributed by atoms with E-state index in [0.29, 0.717) is 27.8 Å². The summed E-state index contributed by atoms with van der Waals surface area (Å²) in [5.41, 5.74) is 1.88. The third-order valence-electron chi connectivity index (χ3n) is 3.72. The molecule has 0 saturated carbocycles. The highest BCUT2D eigenvalue weighted by Crippen LogP contribution is 2.27. The minimum Gasteiger partial charge on any atom is -0.495 e. The Bertz CT molecular complexity index is 983. The van der Waals surface area contributed by atoms with Gasteiger partial charge in [0.2, 0.25) is 5.91 Å². The predicted octanol–water partition coefficient (Wildman–Crippen LogP) is 3.75. The van der Waals surface area contributed by atoms with Crippen LogP contribution in [0.1, 0.15) is 17.3 Å². The molecule has 138 valence electrons. The monoisotopic (exact) mass is 384 g/mol. The van der Waals surface area contributed by atoms with Crippen molar-refractivity contribution in [1.82, 2.24) is 9.55 Å². The number of halogens is 1. The van der Waals surface area contributed by atoms with Crippen LogP contribution in [0.5, 0.6) is 5.75 Å². The summed E-state index contributed by atoms with van der Waals surface area (Å²) in [7, 11) is 1.53. The van der Waals surface area contributed by atoms with E-state index >= 15 is 0 Å². The standard InChI is InChI=1S/C19H17ClN4O3/c1-12(25)22-18-10-24(11-21-18)15-6-3-13(4-7-15)19(26)23-14-5-8-17(27-2)16(20)9-14/h3-11H,1-2H3,(H,22,25)(H,23,26). The summed E-state index contributed by atoms with van der Waals surface area (Å²) in [6, 6.07) is 12.0. The van der Waals surface area contributed by atoms with Gasteiger partial charge >= 0.3 is 0 Å². The molecule has 0 saturated heterocycles. The number of nitrogens with zero attached hydrogens (tertiary/aromatic N) is 2. The van der Waals surface area contributed by atoms with Crippen LogP contribution in [0.2, 0.25) is 5.02 Å². The van der Waals surface area contributed by atoms with E-state index in [-0.39, 0.29) is 11.8 Å². The molecule has 0 aliphatic rings. The Balaban J connectivity index is 1.71. The van der Waals surface area contributed by atoms with Crippen LogP contribution in [0.15, 0.2) is 55.0 Å². The summed E-state index contributed by atoms with van der Waals surface area (Å²) >= 11 is 6.07. The number of hydrogen-bond acceptors (Lipinski definition) is 4. The highest BCUT2D eigenvalue weighted by Gasteiger charge is 2.09. The topological polar surface area (TPSA) is 85.2 Å². The first-order valence-electron chi connectivity index (χ1n) is 8.03. The largest absolute Gasteiger partial charge is 0.495 e. The average Bonchev–Trinajstić information content (AvgIpc) is 3.09. The van der Waals surface area contributed by atoms with Gasteiger partial charge in [-0.05, 0) is 42.5 Å². The van der Waals surface area contributed by atoms with Gasteiger partial charge in [-0.2, -0.15) is 0 Å². The van der Waals surface area contributed by atoms with Crippen LogP contribution in [0.25, 0.3) is 5.69 Å². The first-order chi connectivity index (χ1) is 13.0. The fraction of sp³-hybridized carbons (Fsp3) is 0.105. The minimum atomic E-state index is -0.257. The smallest absolute Gasteiger partial charge is 0.255 e. The number of aromatic nitrogens is 2. The third-order valence-corrected chi connectivity index (χ3v) is 4.02. The number of amides is 2. The normalized spacial score (nSPS) is 10.3. The highest BCUT2D eigenvalue weighted by atomic mass is 35.5. The zero-order valence-electron chi connectivity index (χ0n) is 14.7. The van der Waals surface area contributed by atoms with Crippen molar-refractivity contribution in [1.29, 1.82) is 0 Å². The number of hydrogen-bond donors (Lipinski definition) is 2. The van der Waals surface area contributed by atoms with Gasteiger partial charge in [-0.1, -0.05) is 11.6 Å². The van der Waals surface area contributed by atoms with Crippen molar-refractivity contribution in [2.45, 2.75) is 6.92 Å². The Hall–Kier alpha value is -3.32. The van der Waals surface area contributed by atoms with E-state index in [0.717, 1.165) is 5.69 Å². The molecule has 7 nitrogen and oxygen atoms in total. The summed E-state index contributed by atoms with van der Waals surface area (Å²) in [5.74, 6) is 0.553. The van der Waals surface area contributed by atoms with Crippen LogP contribution in [-0.2, 0) is 4.79 Å². The van der Waals surface area contributed by atoms with Crippen LogP contribution >= 0.6 is 11.6 Å².